The van der Waals surface area contributed by atoms with Gasteiger partial charge in [-0.25, -0.2) is 0 Å². The molecular formula is C18H35BrN2O4. The number of ether oxygens (including phenoxy) is 4. The van der Waals surface area contributed by atoms with Crippen molar-refractivity contribution in [3.8, 4) is 0 Å². The summed E-state index contributed by atoms with van der Waals surface area (Å²) in [6.45, 7) is 12.6. The molecular weight excluding hydrogens is 388 g/mol. The van der Waals surface area contributed by atoms with Crippen molar-refractivity contribution in [3.05, 3.63) is 48.1 Å². The molecule has 0 aliphatic carbocycles. The Hall–Kier alpha value is -1.76. The summed E-state index contributed by atoms with van der Waals surface area (Å²) in [4.78, 5) is 0. The maximum Gasteiger partial charge on any atom is 0.200 e. The van der Waals surface area contributed by atoms with Crippen LogP contribution in [0, 0.1) is 0 Å². The number of hydrogen-bond acceptors (Lipinski definition) is 6. The lowest BCUT2D eigenvalue weighted by Crippen LogP contribution is -2.18. The Morgan fingerprint density at radius 1 is 1.20 bits per heavy atom. The van der Waals surface area contributed by atoms with E-state index in [0.29, 0.717) is 11.6 Å². The molecule has 0 spiro atoms. The van der Waals surface area contributed by atoms with E-state index in [4.69, 9.17) is 18.9 Å². The average molecular weight is 423 g/mol. The predicted molar refractivity (Wildman–Crippen MR) is 109 cm³/mol. The highest BCUT2D eigenvalue weighted by Gasteiger charge is 2.02. The average Bonchev–Trinajstić information content (AvgIpc) is 2.68. The molecule has 0 bridgehead atoms. The highest BCUT2D eigenvalue weighted by molar-refractivity contribution is 9.08. The van der Waals surface area contributed by atoms with E-state index in [9.17, 15) is 0 Å². The maximum absolute atomic E-state index is 4.99. The first-order valence-corrected chi connectivity index (χ1v) is 8.90. The summed E-state index contributed by atoms with van der Waals surface area (Å²) in [7, 11) is 6.35. The first kappa shape index (κ1) is 28.1. The number of methoxy groups -OCH3 is 4. The van der Waals surface area contributed by atoms with Crippen LogP contribution in [0.5, 0.6) is 0 Å². The molecule has 148 valence electrons. The van der Waals surface area contributed by atoms with Gasteiger partial charge in [-0.2, -0.15) is 0 Å². The van der Waals surface area contributed by atoms with Crippen molar-refractivity contribution in [2.45, 2.75) is 34.1 Å². The topological polar surface area (TPSA) is 61.0 Å². The van der Waals surface area contributed by atoms with Gasteiger partial charge in [0.1, 0.15) is 11.5 Å². The minimum Gasteiger partial charge on any atom is -0.497 e. The number of allylic oxidation sites excluding steroid dienone is 2. The summed E-state index contributed by atoms with van der Waals surface area (Å²) < 4.78 is 22.2. The van der Waals surface area contributed by atoms with Gasteiger partial charge in [0.15, 0.2) is 11.8 Å². The Balaban J connectivity index is -0.000000308. The Bertz CT molecular complexity index is 392. The molecule has 0 saturated carbocycles. The fraction of sp³-hybridized carbons (Fsp3) is 0.556. The summed E-state index contributed by atoms with van der Waals surface area (Å²) in [5.41, 5.74) is 0. The van der Waals surface area contributed by atoms with E-state index in [2.05, 4.69) is 46.2 Å². The van der Waals surface area contributed by atoms with Crippen LogP contribution in [0.3, 0.4) is 0 Å². The summed E-state index contributed by atoms with van der Waals surface area (Å²) >= 11 is 2.99. The van der Waals surface area contributed by atoms with Crippen LogP contribution in [-0.2, 0) is 18.9 Å². The second-order valence-corrected chi connectivity index (χ2v) is 4.49. The third-order valence-corrected chi connectivity index (χ3v) is 2.57. The fourth-order valence-corrected chi connectivity index (χ4v) is 1.37. The number of nitrogens with one attached hydrogen (secondary N) is 2. The SMILES string of the molecule is C=C(/C=C(\NBr)OC)OC.CC.CCC.COC1=CCNC(OC)=C1. The van der Waals surface area contributed by atoms with Crippen LogP contribution in [-0.4, -0.2) is 35.0 Å². The minimum atomic E-state index is 0.531. The van der Waals surface area contributed by atoms with E-state index in [-0.39, 0.29) is 0 Å². The Morgan fingerprint density at radius 2 is 1.76 bits per heavy atom. The molecule has 2 N–H and O–H groups in total. The van der Waals surface area contributed by atoms with Gasteiger partial charge in [-0.1, -0.05) is 40.7 Å². The minimum absolute atomic E-state index is 0.531. The summed E-state index contributed by atoms with van der Waals surface area (Å²) in [6, 6.07) is 0. The van der Waals surface area contributed by atoms with Gasteiger partial charge in [-0.15, -0.1) is 0 Å². The van der Waals surface area contributed by atoms with Crippen LogP contribution in [0.15, 0.2) is 48.1 Å². The third-order valence-electron chi connectivity index (χ3n) is 2.18. The van der Waals surface area contributed by atoms with Crippen LogP contribution < -0.4 is 9.66 Å². The van der Waals surface area contributed by atoms with Crippen molar-refractivity contribution in [1.29, 1.82) is 0 Å². The molecule has 6 nitrogen and oxygen atoms in total. The van der Waals surface area contributed by atoms with Crippen molar-refractivity contribution in [3.63, 3.8) is 0 Å². The van der Waals surface area contributed by atoms with Gasteiger partial charge in [0.05, 0.1) is 28.4 Å². The molecule has 0 saturated heterocycles. The molecule has 1 heterocycles. The van der Waals surface area contributed by atoms with Crippen molar-refractivity contribution in [2.75, 3.05) is 35.0 Å². The Morgan fingerprint density at radius 3 is 2.12 bits per heavy atom. The molecule has 1 aliphatic rings. The molecule has 0 fully saturated rings. The summed E-state index contributed by atoms with van der Waals surface area (Å²) in [6.07, 6.45) is 6.63. The molecule has 1 rings (SSSR count). The molecule has 25 heavy (non-hydrogen) atoms. The van der Waals surface area contributed by atoms with E-state index in [1.807, 2.05) is 26.0 Å². The summed E-state index contributed by atoms with van der Waals surface area (Å²) in [5.74, 6) is 2.67. The molecule has 0 amide bonds. The van der Waals surface area contributed by atoms with Crippen LogP contribution in [0.25, 0.3) is 0 Å². The van der Waals surface area contributed by atoms with Crippen molar-refractivity contribution in [2.24, 2.45) is 0 Å². The van der Waals surface area contributed by atoms with Gasteiger partial charge >= 0.3 is 0 Å². The first-order valence-electron chi connectivity index (χ1n) is 8.11. The smallest absolute Gasteiger partial charge is 0.200 e. The van der Waals surface area contributed by atoms with Gasteiger partial charge < -0.3 is 24.3 Å². The van der Waals surface area contributed by atoms with Crippen molar-refractivity contribution >= 4 is 16.1 Å². The van der Waals surface area contributed by atoms with Gasteiger partial charge in [0.2, 0.25) is 0 Å². The van der Waals surface area contributed by atoms with E-state index in [1.54, 1.807) is 34.5 Å². The second-order valence-electron chi connectivity index (χ2n) is 4.09. The highest BCUT2D eigenvalue weighted by atomic mass is 79.9. The summed E-state index contributed by atoms with van der Waals surface area (Å²) in [5, 5.41) is 3.02. The van der Waals surface area contributed by atoms with Crippen LogP contribution in [0.2, 0.25) is 0 Å². The molecule has 7 heteroatoms. The number of rotatable bonds is 6. The van der Waals surface area contributed by atoms with E-state index in [0.717, 1.165) is 18.2 Å². The molecule has 0 aromatic heterocycles. The van der Waals surface area contributed by atoms with Gasteiger partial charge in [0, 0.05) is 34.8 Å². The first-order chi connectivity index (χ1) is 12.0. The van der Waals surface area contributed by atoms with Gasteiger partial charge in [0.25, 0.3) is 0 Å². The largest absolute Gasteiger partial charge is 0.497 e. The Kier molecular flexibility index (Phi) is 25.0. The Labute approximate surface area is 162 Å². The van der Waals surface area contributed by atoms with Crippen molar-refractivity contribution in [1.82, 2.24) is 9.66 Å². The van der Waals surface area contributed by atoms with Gasteiger partial charge in [-0.05, 0) is 6.08 Å². The lowest BCUT2D eigenvalue weighted by molar-refractivity contribution is 0.247. The van der Waals surface area contributed by atoms with E-state index < -0.39 is 0 Å². The lowest BCUT2D eigenvalue weighted by atomic mass is 10.3. The second kappa shape index (κ2) is 22.2. The monoisotopic (exact) mass is 422 g/mol. The molecule has 1 aliphatic heterocycles. The van der Waals surface area contributed by atoms with Gasteiger partial charge in [-0.3, -0.25) is 4.34 Å². The molecule has 0 atom stereocenters. The quantitative estimate of drug-likeness (QED) is 0.370. The van der Waals surface area contributed by atoms with Crippen molar-refractivity contribution < 1.29 is 18.9 Å². The molecule has 0 aromatic rings. The maximum atomic E-state index is 4.99. The van der Waals surface area contributed by atoms with E-state index >= 15 is 0 Å². The molecule has 0 aromatic carbocycles. The zero-order valence-corrected chi connectivity index (χ0v) is 18.5. The molecule has 0 unspecified atom stereocenters. The van der Waals surface area contributed by atoms with Crippen LogP contribution in [0.4, 0.5) is 0 Å². The molecule has 0 radical (unpaired) electrons. The van der Waals surface area contributed by atoms with E-state index in [1.165, 1.54) is 6.42 Å². The normalized spacial score (nSPS) is 11.8. The third kappa shape index (κ3) is 18.4. The highest BCUT2D eigenvalue weighted by Crippen LogP contribution is 2.05. The lowest BCUT2D eigenvalue weighted by Gasteiger charge is -2.13. The number of halogens is 1. The van der Waals surface area contributed by atoms with Crippen LogP contribution >= 0.6 is 16.1 Å². The number of hydrogen-bond donors (Lipinski definition) is 2. The fourth-order valence-electron chi connectivity index (χ4n) is 1.09. The zero-order chi connectivity index (χ0) is 20.1. The number of dihydropyridines is 1. The zero-order valence-electron chi connectivity index (χ0n) is 16.9. The standard InChI is InChI=1S/C7H11NO2.C6H10BrNO2.C3H8.C2H6/c1-9-6-3-4-8-7(5-6)10-2;1-5(9-2)4-6(8-7)10-3;1-3-2;1-2/h3,5,8H,4H2,1-2H3;4,8H,1H2,2-3H3;3H2,1-2H3;1-2H3/b;6-4+;;. The van der Waals surface area contributed by atoms with Crippen LogP contribution in [0.1, 0.15) is 34.1 Å². The predicted octanol–water partition coefficient (Wildman–Crippen LogP) is 4.58.